The normalized spacial score (nSPS) is 28.0. The van der Waals surface area contributed by atoms with Crippen LogP contribution in [0.4, 0.5) is 0 Å². The molecule has 2 unspecified atom stereocenters. The molecule has 19 heavy (non-hydrogen) atoms. The van der Waals surface area contributed by atoms with Crippen LogP contribution in [0.5, 0.6) is 0 Å². The van der Waals surface area contributed by atoms with Gasteiger partial charge in [-0.05, 0) is 43.1 Å². The van der Waals surface area contributed by atoms with Gasteiger partial charge in [0.25, 0.3) is 0 Å². The van der Waals surface area contributed by atoms with Crippen molar-refractivity contribution >= 4 is 5.78 Å². The number of hydrogen-bond donors (Lipinski definition) is 0. The molecular weight excluding hydrogens is 232 g/mol. The Morgan fingerprint density at radius 2 is 1.84 bits per heavy atom. The van der Waals surface area contributed by atoms with E-state index in [0.717, 1.165) is 6.42 Å². The molecule has 108 valence electrons. The molecule has 1 aliphatic carbocycles. The highest BCUT2D eigenvalue weighted by atomic mass is 16.1. The van der Waals surface area contributed by atoms with Crippen LogP contribution in [0.25, 0.3) is 0 Å². The molecular formula is C18H30O. The smallest absolute Gasteiger partial charge is 0.163 e. The fourth-order valence-electron chi connectivity index (χ4n) is 3.49. The van der Waals surface area contributed by atoms with Crippen LogP contribution in [0.1, 0.15) is 61.8 Å². The van der Waals surface area contributed by atoms with E-state index in [0.29, 0.717) is 5.92 Å². The number of ketones is 1. The van der Waals surface area contributed by atoms with Crippen molar-refractivity contribution in [2.45, 2.75) is 61.8 Å². The molecule has 0 radical (unpaired) electrons. The van der Waals surface area contributed by atoms with Gasteiger partial charge in [0.05, 0.1) is 0 Å². The number of carbonyl (C=O) groups excluding carboxylic acids is 1. The first-order valence-electron chi connectivity index (χ1n) is 7.40. The Bertz CT molecular complexity index is 415. The monoisotopic (exact) mass is 262 g/mol. The molecule has 1 rings (SSSR count). The minimum Gasteiger partial charge on any atom is -0.294 e. The van der Waals surface area contributed by atoms with E-state index < -0.39 is 0 Å². The summed E-state index contributed by atoms with van der Waals surface area (Å²) in [6.07, 6.45) is 4.72. The van der Waals surface area contributed by atoms with Gasteiger partial charge in [0.15, 0.2) is 5.78 Å². The van der Waals surface area contributed by atoms with Crippen molar-refractivity contribution < 1.29 is 4.79 Å². The maximum absolute atomic E-state index is 12.5. The minimum absolute atomic E-state index is 0.0293. The molecule has 0 fully saturated rings. The summed E-state index contributed by atoms with van der Waals surface area (Å²) < 4.78 is 0. The summed E-state index contributed by atoms with van der Waals surface area (Å²) in [5.74, 6) is 0.824. The van der Waals surface area contributed by atoms with Crippen LogP contribution in [0.2, 0.25) is 0 Å². The Balaban J connectivity index is 3.39. The van der Waals surface area contributed by atoms with E-state index in [9.17, 15) is 4.79 Å². The second-order valence-electron chi connectivity index (χ2n) is 7.67. The molecule has 0 saturated heterocycles. The van der Waals surface area contributed by atoms with Crippen LogP contribution < -0.4 is 0 Å². The summed E-state index contributed by atoms with van der Waals surface area (Å²) in [5, 5.41) is 0. The summed E-state index contributed by atoms with van der Waals surface area (Å²) in [5.41, 5.74) is 2.97. The van der Waals surface area contributed by atoms with Gasteiger partial charge in [-0.1, -0.05) is 58.8 Å². The quantitative estimate of drug-likeness (QED) is 0.495. The molecule has 0 aromatic heterocycles. The third-order valence-corrected chi connectivity index (χ3v) is 4.95. The first kappa shape index (κ1) is 16.2. The molecule has 2 atom stereocenters. The molecule has 1 aliphatic rings. The topological polar surface area (TPSA) is 17.1 Å². The van der Waals surface area contributed by atoms with Crippen LogP contribution in [0, 0.1) is 22.7 Å². The van der Waals surface area contributed by atoms with Gasteiger partial charge >= 0.3 is 0 Å². The fraction of sp³-hybridized carbons (Fsp3) is 0.722. The zero-order chi connectivity index (χ0) is 15.0. The second kappa shape index (κ2) is 5.26. The molecule has 1 nitrogen and oxygen atoms in total. The van der Waals surface area contributed by atoms with Crippen LogP contribution in [-0.2, 0) is 4.79 Å². The van der Waals surface area contributed by atoms with Crippen molar-refractivity contribution in [3.8, 4) is 0 Å². The van der Waals surface area contributed by atoms with Crippen LogP contribution in [0.15, 0.2) is 23.3 Å². The predicted octanol–water partition coefficient (Wildman–Crippen LogP) is 5.18. The molecule has 0 aromatic rings. The summed E-state index contributed by atoms with van der Waals surface area (Å²) in [4.78, 5) is 12.5. The molecule has 0 spiro atoms. The first-order chi connectivity index (χ1) is 8.53. The lowest BCUT2D eigenvalue weighted by atomic mass is 9.57. The van der Waals surface area contributed by atoms with Gasteiger partial charge < -0.3 is 0 Å². The zero-order valence-electron chi connectivity index (χ0n) is 13.9. The van der Waals surface area contributed by atoms with E-state index in [2.05, 4.69) is 48.5 Å². The average molecular weight is 262 g/mol. The first-order valence-corrected chi connectivity index (χ1v) is 7.40. The number of rotatable bonds is 2. The van der Waals surface area contributed by atoms with Crippen molar-refractivity contribution in [2.24, 2.45) is 22.7 Å². The molecule has 0 saturated carbocycles. The largest absolute Gasteiger partial charge is 0.294 e. The summed E-state index contributed by atoms with van der Waals surface area (Å²) in [6, 6.07) is 0. The lowest BCUT2D eigenvalue weighted by molar-refractivity contribution is -0.121. The standard InChI is InChI=1S/C18H30O/c1-9-10-15(19)16-13(3)14(17(4,5)6)11-12(2)18(16,7)8/h9-10,12,16H,11H2,1-8H3/b10-9+. The second-order valence-corrected chi connectivity index (χ2v) is 7.67. The molecule has 0 bridgehead atoms. The highest BCUT2D eigenvalue weighted by Crippen LogP contribution is 2.51. The molecule has 0 amide bonds. The van der Waals surface area contributed by atoms with E-state index in [1.807, 2.05) is 13.0 Å². The van der Waals surface area contributed by atoms with Gasteiger partial charge in [-0.15, -0.1) is 0 Å². The zero-order valence-corrected chi connectivity index (χ0v) is 13.9. The fourth-order valence-corrected chi connectivity index (χ4v) is 3.49. The van der Waals surface area contributed by atoms with Crippen molar-refractivity contribution in [3.05, 3.63) is 23.3 Å². The number of allylic oxidation sites excluding steroid dienone is 4. The Morgan fingerprint density at radius 3 is 2.26 bits per heavy atom. The molecule has 0 aliphatic heterocycles. The van der Waals surface area contributed by atoms with Gasteiger partial charge in [-0.3, -0.25) is 4.79 Å². The van der Waals surface area contributed by atoms with Crippen molar-refractivity contribution in [3.63, 3.8) is 0 Å². The Labute approximate surface area is 119 Å². The van der Waals surface area contributed by atoms with E-state index in [1.165, 1.54) is 11.1 Å². The van der Waals surface area contributed by atoms with E-state index in [4.69, 9.17) is 0 Å². The summed E-state index contributed by atoms with van der Waals surface area (Å²) >= 11 is 0. The predicted molar refractivity (Wildman–Crippen MR) is 83.0 cm³/mol. The Morgan fingerprint density at radius 1 is 1.32 bits per heavy atom. The van der Waals surface area contributed by atoms with Gasteiger partial charge in [-0.2, -0.15) is 0 Å². The van der Waals surface area contributed by atoms with Gasteiger partial charge in [-0.25, -0.2) is 0 Å². The van der Waals surface area contributed by atoms with Crippen LogP contribution in [-0.4, -0.2) is 5.78 Å². The van der Waals surface area contributed by atoms with Crippen LogP contribution >= 0.6 is 0 Å². The SMILES string of the molecule is C/C=C/C(=O)C1C(C)=C(C(C)(C)C)CC(C)C1(C)C. The van der Waals surface area contributed by atoms with Gasteiger partial charge in [0, 0.05) is 5.92 Å². The third kappa shape index (κ3) is 3.01. The third-order valence-electron chi connectivity index (χ3n) is 4.95. The summed E-state index contributed by atoms with van der Waals surface area (Å²) in [7, 11) is 0. The average Bonchev–Trinajstić information content (AvgIpc) is 2.22. The van der Waals surface area contributed by atoms with E-state index >= 15 is 0 Å². The van der Waals surface area contributed by atoms with Crippen LogP contribution in [0.3, 0.4) is 0 Å². The van der Waals surface area contributed by atoms with Gasteiger partial charge in [0.2, 0.25) is 0 Å². The number of hydrogen-bond acceptors (Lipinski definition) is 1. The highest BCUT2D eigenvalue weighted by Gasteiger charge is 2.45. The lowest BCUT2D eigenvalue weighted by Crippen LogP contribution is -2.41. The molecule has 0 aromatic carbocycles. The van der Waals surface area contributed by atoms with E-state index in [1.54, 1.807) is 6.08 Å². The Kier molecular flexibility index (Phi) is 4.49. The van der Waals surface area contributed by atoms with Gasteiger partial charge in [0.1, 0.15) is 0 Å². The maximum Gasteiger partial charge on any atom is 0.163 e. The molecule has 1 heteroatoms. The number of carbonyl (C=O) groups is 1. The van der Waals surface area contributed by atoms with E-state index in [-0.39, 0.29) is 22.5 Å². The van der Waals surface area contributed by atoms with Crippen molar-refractivity contribution in [1.29, 1.82) is 0 Å². The van der Waals surface area contributed by atoms with Crippen molar-refractivity contribution in [2.75, 3.05) is 0 Å². The van der Waals surface area contributed by atoms with Crippen molar-refractivity contribution in [1.82, 2.24) is 0 Å². The minimum atomic E-state index is 0.0293. The highest BCUT2D eigenvalue weighted by molar-refractivity contribution is 5.94. The molecule has 0 N–H and O–H groups in total. The molecule has 0 heterocycles. The lowest BCUT2D eigenvalue weighted by Gasteiger charge is -2.47. The summed E-state index contributed by atoms with van der Waals surface area (Å²) in [6.45, 7) is 17.6. The maximum atomic E-state index is 12.5. The Hall–Kier alpha value is -0.850.